The van der Waals surface area contributed by atoms with Gasteiger partial charge in [0, 0.05) is 26.1 Å². The fourth-order valence-electron chi connectivity index (χ4n) is 2.29. The van der Waals surface area contributed by atoms with Crippen LogP contribution in [0.4, 0.5) is 14.5 Å². The van der Waals surface area contributed by atoms with Crippen molar-refractivity contribution in [1.82, 2.24) is 4.90 Å². The molecule has 1 atom stereocenters. The molecule has 22 heavy (non-hydrogen) atoms. The first-order valence-corrected chi connectivity index (χ1v) is 7.07. The predicted molar refractivity (Wildman–Crippen MR) is 76.2 cm³/mol. The van der Waals surface area contributed by atoms with Gasteiger partial charge in [0.1, 0.15) is 11.6 Å². The smallest absolute Gasteiger partial charge is 0.244 e. The summed E-state index contributed by atoms with van der Waals surface area (Å²) in [5.74, 6) is -2.38. The maximum absolute atomic E-state index is 13.5. The Morgan fingerprint density at radius 1 is 1.41 bits per heavy atom. The molecular formula is C15H18F2N2O3. The van der Waals surface area contributed by atoms with Crippen LogP contribution in [0, 0.1) is 11.6 Å². The van der Waals surface area contributed by atoms with E-state index in [1.807, 2.05) is 0 Å². The quantitative estimate of drug-likeness (QED) is 0.904. The number of hydrogen-bond donors (Lipinski definition) is 1. The highest BCUT2D eigenvalue weighted by molar-refractivity contribution is 5.94. The maximum atomic E-state index is 13.5. The third-order valence-corrected chi connectivity index (χ3v) is 3.43. The summed E-state index contributed by atoms with van der Waals surface area (Å²) in [6, 6.07) is 2.87. The lowest BCUT2D eigenvalue weighted by molar-refractivity contribution is -0.134. The van der Waals surface area contributed by atoms with Gasteiger partial charge in [-0.25, -0.2) is 8.78 Å². The van der Waals surface area contributed by atoms with Crippen molar-refractivity contribution in [3.63, 3.8) is 0 Å². The number of ether oxygens (including phenoxy) is 1. The average molecular weight is 312 g/mol. The van der Waals surface area contributed by atoms with E-state index in [-0.39, 0.29) is 24.2 Å². The van der Waals surface area contributed by atoms with E-state index in [1.54, 1.807) is 0 Å². The Morgan fingerprint density at radius 2 is 2.18 bits per heavy atom. The van der Waals surface area contributed by atoms with Crippen molar-refractivity contribution in [3.8, 4) is 0 Å². The van der Waals surface area contributed by atoms with E-state index in [0.717, 1.165) is 25.0 Å². The van der Waals surface area contributed by atoms with E-state index in [1.165, 1.54) is 11.8 Å². The summed E-state index contributed by atoms with van der Waals surface area (Å²) in [6.07, 6.45) is 1.71. The van der Waals surface area contributed by atoms with E-state index in [4.69, 9.17) is 4.74 Å². The van der Waals surface area contributed by atoms with Crippen molar-refractivity contribution in [3.05, 3.63) is 29.8 Å². The Kier molecular flexibility index (Phi) is 5.43. The second kappa shape index (κ2) is 7.31. The molecule has 1 saturated heterocycles. The first kappa shape index (κ1) is 16.4. The van der Waals surface area contributed by atoms with Gasteiger partial charge in [0.25, 0.3) is 0 Å². The first-order valence-electron chi connectivity index (χ1n) is 7.07. The number of carbonyl (C=O) groups is 2. The molecule has 2 rings (SSSR count). The van der Waals surface area contributed by atoms with E-state index in [0.29, 0.717) is 19.2 Å². The summed E-state index contributed by atoms with van der Waals surface area (Å²) in [4.78, 5) is 24.9. The lowest BCUT2D eigenvalue weighted by atomic mass is 10.2. The lowest BCUT2D eigenvalue weighted by Crippen LogP contribution is -2.41. The molecule has 0 radical (unpaired) electrons. The summed E-state index contributed by atoms with van der Waals surface area (Å²) in [5.41, 5.74) is -0.119. The zero-order valence-electron chi connectivity index (χ0n) is 12.3. The van der Waals surface area contributed by atoms with Crippen molar-refractivity contribution in [2.75, 3.05) is 25.0 Å². The molecule has 0 bridgehead atoms. The van der Waals surface area contributed by atoms with Crippen LogP contribution in [0.2, 0.25) is 0 Å². The number of hydrogen-bond acceptors (Lipinski definition) is 3. The molecule has 1 aliphatic rings. The van der Waals surface area contributed by atoms with Gasteiger partial charge in [0.2, 0.25) is 11.8 Å². The third kappa shape index (κ3) is 4.49. The highest BCUT2D eigenvalue weighted by Gasteiger charge is 2.22. The van der Waals surface area contributed by atoms with Gasteiger partial charge in [-0.05, 0) is 25.0 Å². The highest BCUT2D eigenvalue weighted by atomic mass is 19.1. The fraction of sp³-hybridized carbons (Fsp3) is 0.467. The molecule has 0 aliphatic carbocycles. The Balaban J connectivity index is 1.94. The van der Waals surface area contributed by atoms with Crippen LogP contribution in [-0.4, -0.2) is 42.5 Å². The summed E-state index contributed by atoms with van der Waals surface area (Å²) in [7, 11) is 0. The van der Waals surface area contributed by atoms with Gasteiger partial charge in [-0.1, -0.05) is 0 Å². The standard InChI is InChI=1S/C15H18F2N2O3/c1-10(20)19(8-12-3-2-6-22-12)9-15(21)18-14-5-4-11(16)7-13(14)17/h4-5,7,12H,2-3,6,8-9H2,1H3,(H,18,21). The summed E-state index contributed by atoms with van der Waals surface area (Å²) in [6.45, 7) is 2.14. The van der Waals surface area contributed by atoms with Crippen LogP contribution >= 0.6 is 0 Å². The fourth-order valence-corrected chi connectivity index (χ4v) is 2.29. The Hall–Kier alpha value is -2.02. The highest BCUT2D eigenvalue weighted by Crippen LogP contribution is 2.16. The molecule has 120 valence electrons. The maximum Gasteiger partial charge on any atom is 0.244 e. The molecule has 1 fully saturated rings. The van der Waals surface area contributed by atoms with Crippen LogP contribution in [0.1, 0.15) is 19.8 Å². The summed E-state index contributed by atoms with van der Waals surface area (Å²) < 4.78 is 31.7. The van der Waals surface area contributed by atoms with Crippen LogP contribution < -0.4 is 5.32 Å². The minimum absolute atomic E-state index is 0.0701. The zero-order valence-corrected chi connectivity index (χ0v) is 12.3. The van der Waals surface area contributed by atoms with Gasteiger partial charge < -0.3 is 15.0 Å². The molecule has 0 saturated carbocycles. The number of nitrogens with one attached hydrogen (secondary N) is 1. The second-order valence-electron chi connectivity index (χ2n) is 5.21. The SMILES string of the molecule is CC(=O)N(CC(=O)Nc1ccc(F)cc1F)CC1CCCO1. The van der Waals surface area contributed by atoms with Gasteiger partial charge in [0.05, 0.1) is 18.3 Å². The topological polar surface area (TPSA) is 58.6 Å². The Labute approximate surface area is 127 Å². The molecule has 5 nitrogen and oxygen atoms in total. The van der Waals surface area contributed by atoms with Crippen molar-refractivity contribution in [2.45, 2.75) is 25.9 Å². The van der Waals surface area contributed by atoms with Crippen LogP contribution in [0.25, 0.3) is 0 Å². The van der Waals surface area contributed by atoms with Crippen molar-refractivity contribution in [2.24, 2.45) is 0 Å². The molecule has 0 spiro atoms. The lowest BCUT2D eigenvalue weighted by Gasteiger charge is -2.23. The molecule has 1 aromatic carbocycles. The van der Waals surface area contributed by atoms with Crippen molar-refractivity contribution in [1.29, 1.82) is 0 Å². The molecule has 1 heterocycles. The number of carbonyl (C=O) groups excluding carboxylic acids is 2. The van der Waals surface area contributed by atoms with E-state index < -0.39 is 17.5 Å². The second-order valence-corrected chi connectivity index (χ2v) is 5.21. The van der Waals surface area contributed by atoms with Crippen LogP contribution in [0.15, 0.2) is 18.2 Å². The summed E-state index contributed by atoms with van der Waals surface area (Å²) >= 11 is 0. The molecule has 7 heteroatoms. The van der Waals surface area contributed by atoms with Gasteiger partial charge in [-0.2, -0.15) is 0 Å². The number of nitrogens with zero attached hydrogens (tertiary/aromatic N) is 1. The molecule has 1 aromatic rings. The van der Waals surface area contributed by atoms with Gasteiger partial charge in [0.15, 0.2) is 0 Å². The van der Waals surface area contributed by atoms with Crippen molar-refractivity contribution >= 4 is 17.5 Å². The molecule has 0 aromatic heterocycles. The molecule has 1 aliphatic heterocycles. The molecular weight excluding hydrogens is 294 g/mol. The zero-order chi connectivity index (χ0) is 16.1. The van der Waals surface area contributed by atoms with E-state index in [9.17, 15) is 18.4 Å². The normalized spacial score (nSPS) is 17.3. The minimum atomic E-state index is -0.859. The predicted octanol–water partition coefficient (Wildman–Crippen LogP) is 1.93. The van der Waals surface area contributed by atoms with Crippen LogP contribution in [0.5, 0.6) is 0 Å². The Morgan fingerprint density at radius 3 is 2.77 bits per heavy atom. The number of benzene rings is 1. The largest absolute Gasteiger partial charge is 0.376 e. The average Bonchev–Trinajstić information content (AvgIpc) is 2.94. The Bertz CT molecular complexity index is 560. The van der Waals surface area contributed by atoms with Gasteiger partial charge in [-0.3, -0.25) is 9.59 Å². The number of amides is 2. The number of halogens is 2. The first-order chi connectivity index (χ1) is 10.5. The van der Waals surface area contributed by atoms with E-state index in [2.05, 4.69) is 5.32 Å². The minimum Gasteiger partial charge on any atom is -0.376 e. The van der Waals surface area contributed by atoms with Crippen LogP contribution in [0.3, 0.4) is 0 Å². The molecule has 1 unspecified atom stereocenters. The van der Waals surface area contributed by atoms with Gasteiger partial charge >= 0.3 is 0 Å². The number of rotatable bonds is 5. The molecule has 2 amide bonds. The third-order valence-electron chi connectivity index (χ3n) is 3.43. The van der Waals surface area contributed by atoms with E-state index >= 15 is 0 Å². The molecule has 1 N–H and O–H groups in total. The van der Waals surface area contributed by atoms with Crippen LogP contribution in [-0.2, 0) is 14.3 Å². The number of anilines is 1. The monoisotopic (exact) mass is 312 g/mol. The summed E-state index contributed by atoms with van der Waals surface area (Å²) in [5, 5.41) is 2.33. The van der Waals surface area contributed by atoms with Gasteiger partial charge in [-0.15, -0.1) is 0 Å². The van der Waals surface area contributed by atoms with Crippen molar-refractivity contribution < 1.29 is 23.1 Å².